The Hall–Kier alpha value is -2.83. The van der Waals surface area contributed by atoms with Crippen molar-refractivity contribution in [1.82, 2.24) is 20.0 Å². The Morgan fingerprint density at radius 1 is 1.17 bits per heavy atom. The number of carbonyl (C=O) groups excluding carboxylic acids is 2. The minimum Gasteiger partial charge on any atom is -0.453 e. The van der Waals surface area contributed by atoms with E-state index in [1.807, 2.05) is 17.0 Å². The number of carbonyl (C=O) groups is 2. The van der Waals surface area contributed by atoms with Gasteiger partial charge in [0, 0.05) is 16.5 Å². The van der Waals surface area contributed by atoms with Crippen LogP contribution in [0.25, 0.3) is 21.1 Å². The van der Waals surface area contributed by atoms with Crippen molar-refractivity contribution in [3.05, 3.63) is 45.9 Å². The number of sulfonamides is 1. The Bertz CT molecular complexity index is 1180. The lowest BCUT2D eigenvalue weighted by atomic mass is 10.1. The highest BCUT2D eigenvalue weighted by Gasteiger charge is 2.15. The lowest BCUT2D eigenvalue weighted by Gasteiger charge is -2.03. The largest absolute Gasteiger partial charge is 0.453 e. The van der Waals surface area contributed by atoms with Crippen LogP contribution >= 0.6 is 22.7 Å². The molecule has 0 aliphatic rings. The van der Waals surface area contributed by atoms with Crippen molar-refractivity contribution in [1.29, 1.82) is 0 Å². The summed E-state index contributed by atoms with van der Waals surface area (Å²) in [5.74, 6) is -0.683. The Morgan fingerprint density at radius 2 is 1.87 bits per heavy atom. The van der Waals surface area contributed by atoms with Crippen LogP contribution in [0.1, 0.15) is 21.1 Å². The molecule has 12 heteroatoms. The van der Waals surface area contributed by atoms with Gasteiger partial charge in [-0.1, -0.05) is 12.1 Å². The monoisotopic (exact) mass is 466 g/mol. The molecule has 2 amide bonds. The number of aryl methyl sites for hydroxylation is 1. The van der Waals surface area contributed by atoms with Crippen LogP contribution in [0.2, 0.25) is 0 Å². The van der Waals surface area contributed by atoms with Crippen molar-refractivity contribution in [2.75, 3.05) is 13.4 Å². The highest BCUT2D eigenvalue weighted by atomic mass is 32.2. The van der Waals surface area contributed by atoms with E-state index in [4.69, 9.17) is 0 Å². The SMILES string of the molecule is COC(=O)NCc1nc(C)c(-c2csc(-c3ccc(C(=O)NS(C)(=O)=O)cc3)n2)s1. The van der Waals surface area contributed by atoms with Crippen LogP contribution in [-0.4, -0.2) is 43.8 Å². The molecule has 3 rings (SSSR count). The zero-order valence-electron chi connectivity index (χ0n) is 16.3. The average molecular weight is 467 g/mol. The third kappa shape index (κ3) is 5.40. The van der Waals surface area contributed by atoms with E-state index in [1.54, 1.807) is 24.3 Å². The number of alkyl carbamates (subject to hydrolysis) is 1. The number of nitrogens with one attached hydrogen (secondary N) is 2. The first-order valence-electron chi connectivity index (χ1n) is 8.53. The summed E-state index contributed by atoms with van der Waals surface area (Å²) in [5, 5.41) is 6.00. The molecule has 0 aliphatic heterocycles. The van der Waals surface area contributed by atoms with Gasteiger partial charge >= 0.3 is 6.09 Å². The fourth-order valence-corrected chi connectivity index (χ4v) is 4.80. The van der Waals surface area contributed by atoms with Crippen LogP contribution < -0.4 is 10.0 Å². The summed E-state index contributed by atoms with van der Waals surface area (Å²) in [6.45, 7) is 2.15. The third-order valence-corrected chi connectivity index (χ3v) is 6.45. The van der Waals surface area contributed by atoms with Crippen molar-refractivity contribution >= 4 is 44.7 Å². The molecule has 0 atom stereocenters. The van der Waals surface area contributed by atoms with Crippen molar-refractivity contribution < 1.29 is 22.7 Å². The molecule has 158 valence electrons. The Labute approximate surface area is 181 Å². The molecule has 0 unspecified atom stereocenters. The highest BCUT2D eigenvalue weighted by molar-refractivity contribution is 7.89. The van der Waals surface area contributed by atoms with Gasteiger partial charge in [0.2, 0.25) is 10.0 Å². The van der Waals surface area contributed by atoms with Gasteiger partial charge in [-0.3, -0.25) is 4.79 Å². The number of nitrogens with zero attached hydrogens (tertiary/aromatic N) is 2. The Kier molecular flexibility index (Phi) is 6.48. The minimum absolute atomic E-state index is 0.238. The molecule has 1 aromatic carbocycles. The van der Waals surface area contributed by atoms with E-state index in [0.717, 1.165) is 38.1 Å². The number of hydrogen-bond acceptors (Lipinski definition) is 9. The second-order valence-corrected chi connectivity index (χ2v) is 9.88. The summed E-state index contributed by atoms with van der Waals surface area (Å²) in [5.41, 5.74) is 2.62. The zero-order chi connectivity index (χ0) is 21.9. The normalized spacial score (nSPS) is 11.2. The van der Waals surface area contributed by atoms with Crippen molar-refractivity contribution in [2.45, 2.75) is 13.5 Å². The number of amides is 2. The third-order valence-electron chi connectivity index (χ3n) is 3.82. The number of thiazole rings is 2. The van der Waals surface area contributed by atoms with E-state index in [0.29, 0.717) is 0 Å². The van der Waals surface area contributed by atoms with E-state index in [-0.39, 0.29) is 12.1 Å². The lowest BCUT2D eigenvalue weighted by Crippen LogP contribution is -2.29. The smallest absolute Gasteiger partial charge is 0.407 e. The van der Waals surface area contributed by atoms with E-state index in [9.17, 15) is 18.0 Å². The zero-order valence-corrected chi connectivity index (χ0v) is 18.7. The summed E-state index contributed by atoms with van der Waals surface area (Å²) in [6, 6.07) is 6.52. The molecule has 0 aliphatic carbocycles. The molecule has 2 N–H and O–H groups in total. The van der Waals surface area contributed by atoms with E-state index in [2.05, 4.69) is 20.0 Å². The van der Waals surface area contributed by atoms with Gasteiger partial charge in [-0.05, 0) is 19.1 Å². The molecule has 0 saturated carbocycles. The molecule has 0 spiro atoms. The van der Waals surface area contributed by atoms with Gasteiger partial charge in [0.25, 0.3) is 5.91 Å². The van der Waals surface area contributed by atoms with Crippen LogP contribution in [0.15, 0.2) is 29.6 Å². The van der Waals surface area contributed by atoms with E-state index < -0.39 is 22.0 Å². The first kappa shape index (κ1) is 21.9. The number of benzene rings is 1. The standard InChI is InChI=1S/C18H18N4O5S3/c1-10-15(29-14(20-10)8-19-18(24)27-2)13-9-28-17(21-13)12-6-4-11(5-7-12)16(23)22-30(3,25)26/h4-7,9H,8H2,1-3H3,(H,19,24)(H,22,23). The molecular formula is C18H18N4O5S3. The molecule has 9 nitrogen and oxygen atoms in total. The Morgan fingerprint density at radius 3 is 2.50 bits per heavy atom. The fourth-order valence-electron chi connectivity index (χ4n) is 2.49. The van der Waals surface area contributed by atoms with Crippen LogP contribution in [-0.2, 0) is 21.3 Å². The first-order chi connectivity index (χ1) is 14.2. The second-order valence-electron chi connectivity index (χ2n) is 6.19. The van der Waals surface area contributed by atoms with Gasteiger partial charge < -0.3 is 10.1 Å². The second kappa shape index (κ2) is 8.90. The summed E-state index contributed by atoms with van der Waals surface area (Å²) in [6.07, 6.45) is 0.406. The molecule has 0 bridgehead atoms. The van der Waals surface area contributed by atoms with Crippen LogP contribution in [0.5, 0.6) is 0 Å². The molecule has 3 aromatic rings. The summed E-state index contributed by atoms with van der Waals surface area (Å²) in [7, 11) is -2.32. The summed E-state index contributed by atoms with van der Waals surface area (Å²) >= 11 is 2.88. The molecule has 2 heterocycles. The number of aromatic nitrogens is 2. The number of methoxy groups -OCH3 is 1. The predicted octanol–water partition coefficient (Wildman–Crippen LogP) is 2.79. The fraction of sp³-hybridized carbons (Fsp3) is 0.222. The average Bonchev–Trinajstić information content (AvgIpc) is 3.31. The van der Waals surface area contributed by atoms with Crippen LogP contribution in [0.3, 0.4) is 0 Å². The molecule has 2 aromatic heterocycles. The maximum atomic E-state index is 11.9. The highest BCUT2D eigenvalue weighted by Crippen LogP contribution is 2.34. The van der Waals surface area contributed by atoms with Crippen molar-refractivity contribution in [3.63, 3.8) is 0 Å². The number of rotatable bonds is 6. The van der Waals surface area contributed by atoms with Crippen molar-refractivity contribution in [3.8, 4) is 21.1 Å². The van der Waals surface area contributed by atoms with Gasteiger partial charge in [0.05, 0.1) is 36.2 Å². The molecule has 0 fully saturated rings. The molecule has 0 radical (unpaired) electrons. The lowest BCUT2D eigenvalue weighted by molar-refractivity contribution is 0.0981. The maximum Gasteiger partial charge on any atom is 0.407 e. The summed E-state index contributed by atoms with van der Waals surface area (Å²) in [4.78, 5) is 33.1. The van der Waals surface area contributed by atoms with Crippen molar-refractivity contribution in [2.24, 2.45) is 0 Å². The maximum absolute atomic E-state index is 11.9. The van der Waals surface area contributed by atoms with Gasteiger partial charge in [-0.25, -0.2) is 27.9 Å². The van der Waals surface area contributed by atoms with Gasteiger partial charge in [-0.2, -0.15) is 0 Å². The van der Waals surface area contributed by atoms with Crippen LogP contribution in [0.4, 0.5) is 4.79 Å². The Balaban J connectivity index is 1.76. The van der Waals surface area contributed by atoms with Gasteiger partial charge in [0.15, 0.2) is 0 Å². The van der Waals surface area contributed by atoms with Gasteiger partial charge in [0.1, 0.15) is 10.0 Å². The number of ether oxygens (including phenoxy) is 1. The topological polar surface area (TPSA) is 127 Å². The van der Waals surface area contributed by atoms with E-state index in [1.165, 1.54) is 29.8 Å². The predicted molar refractivity (Wildman–Crippen MR) is 115 cm³/mol. The van der Waals surface area contributed by atoms with Gasteiger partial charge in [-0.15, -0.1) is 22.7 Å². The molecule has 30 heavy (non-hydrogen) atoms. The molecular weight excluding hydrogens is 448 g/mol. The first-order valence-corrected chi connectivity index (χ1v) is 12.1. The molecule has 0 saturated heterocycles. The summed E-state index contributed by atoms with van der Waals surface area (Å²) < 4.78 is 28.9. The minimum atomic E-state index is -3.62. The van der Waals surface area contributed by atoms with Crippen LogP contribution in [0, 0.1) is 6.92 Å². The quantitative estimate of drug-likeness (QED) is 0.572. The van der Waals surface area contributed by atoms with E-state index >= 15 is 0 Å². The number of hydrogen-bond donors (Lipinski definition) is 2.